The molecule has 1 aromatic heterocycles. The van der Waals surface area contributed by atoms with Crippen molar-refractivity contribution >= 4 is 46.5 Å². The predicted octanol–water partition coefficient (Wildman–Crippen LogP) is 4.25. The summed E-state index contributed by atoms with van der Waals surface area (Å²) in [6.45, 7) is 0.585. The summed E-state index contributed by atoms with van der Waals surface area (Å²) in [7, 11) is 0. The smallest absolute Gasteiger partial charge is 0.319 e. The Balaban J connectivity index is 1.28. The number of nitrogens with one attached hydrogen (secondary N) is 3. The zero-order valence-electron chi connectivity index (χ0n) is 17.0. The van der Waals surface area contributed by atoms with E-state index >= 15 is 0 Å². The van der Waals surface area contributed by atoms with Crippen LogP contribution in [0.4, 0.5) is 21.9 Å². The molecule has 1 atom stereocenters. The summed E-state index contributed by atoms with van der Waals surface area (Å²) in [5.74, 6) is -0.138. The Morgan fingerprint density at radius 1 is 1.00 bits per heavy atom. The SMILES string of the molecule is O=C(NCc1ccco1)Nc1ccc(NC(=O)C2CC(=O)N(c3ccc(Cl)cc3)C2)cc1. The van der Waals surface area contributed by atoms with Crippen molar-refractivity contribution in [2.45, 2.75) is 13.0 Å². The molecule has 1 fully saturated rings. The second-order valence-corrected chi connectivity index (χ2v) is 7.77. The molecule has 3 N–H and O–H groups in total. The number of furan rings is 1. The van der Waals surface area contributed by atoms with E-state index in [9.17, 15) is 14.4 Å². The fourth-order valence-electron chi connectivity index (χ4n) is 3.39. The lowest BCUT2D eigenvalue weighted by molar-refractivity contribution is -0.122. The molecular weight excluding hydrogens is 432 g/mol. The zero-order valence-corrected chi connectivity index (χ0v) is 17.8. The second kappa shape index (κ2) is 9.57. The maximum Gasteiger partial charge on any atom is 0.319 e. The number of carbonyl (C=O) groups excluding carboxylic acids is 3. The standard InChI is InChI=1S/C23H21ClN4O4/c24-16-3-9-19(10-4-16)28-14-15(12-21(28)29)22(30)26-17-5-7-18(8-6-17)27-23(31)25-13-20-2-1-11-32-20/h1-11,15H,12-14H2,(H,26,30)(H2,25,27,31). The largest absolute Gasteiger partial charge is 0.467 e. The molecule has 4 amide bonds. The van der Waals surface area contributed by atoms with Crippen LogP contribution in [-0.4, -0.2) is 24.4 Å². The minimum Gasteiger partial charge on any atom is -0.467 e. The molecule has 1 unspecified atom stereocenters. The summed E-state index contributed by atoms with van der Waals surface area (Å²) in [5.41, 5.74) is 1.87. The van der Waals surface area contributed by atoms with Gasteiger partial charge in [0.25, 0.3) is 0 Å². The number of amides is 4. The van der Waals surface area contributed by atoms with Gasteiger partial charge in [-0.15, -0.1) is 0 Å². The van der Waals surface area contributed by atoms with Gasteiger partial charge in [0.15, 0.2) is 0 Å². The van der Waals surface area contributed by atoms with Gasteiger partial charge in [0, 0.05) is 35.1 Å². The minimum absolute atomic E-state index is 0.104. The number of urea groups is 1. The molecule has 0 aliphatic carbocycles. The highest BCUT2D eigenvalue weighted by molar-refractivity contribution is 6.30. The lowest BCUT2D eigenvalue weighted by Crippen LogP contribution is -2.28. The van der Waals surface area contributed by atoms with Crippen LogP contribution in [0.15, 0.2) is 71.3 Å². The Bertz CT molecular complexity index is 1100. The van der Waals surface area contributed by atoms with E-state index in [4.69, 9.17) is 16.0 Å². The second-order valence-electron chi connectivity index (χ2n) is 7.34. The first-order chi connectivity index (χ1) is 15.5. The number of rotatable bonds is 6. The lowest BCUT2D eigenvalue weighted by atomic mass is 10.1. The van der Waals surface area contributed by atoms with Crippen LogP contribution in [0.3, 0.4) is 0 Å². The first-order valence-electron chi connectivity index (χ1n) is 10.0. The maximum atomic E-state index is 12.7. The summed E-state index contributed by atoms with van der Waals surface area (Å²) in [5, 5.41) is 8.81. The summed E-state index contributed by atoms with van der Waals surface area (Å²) < 4.78 is 5.16. The molecule has 0 saturated carbocycles. The van der Waals surface area contributed by atoms with Crippen molar-refractivity contribution in [3.63, 3.8) is 0 Å². The van der Waals surface area contributed by atoms with Gasteiger partial charge in [0.1, 0.15) is 5.76 Å². The molecule has 4 rings (SSSR count). The van der Waals surface area contributed by atoms with Crippen molar-refractivity contribution in [1.82, 2.24) is 5.32 Å². The molecule has 1 aliphatic heterocycles. The van der Waals surface area contributed by atoms with Crippen LogP contribution in [0.5, 0.6) is 0 Å². The third kappa shape index (κ3) is 5.28. The molecule has 1 saturated heterocycles. The van der Waals surface area contributed by atoms with Crippen molar-refractivity contribution in [3.8, 4) is 0 Å². The Labute approximate surface area is 189 Å². The van der Waals surface area contributed by atoms with Gasteiger partial charge in [0.05, 0.1) is 18.7 Å². The molecular formula is C23H21ClN4O4. The summed E-state index contributed by atoms with van der Waals surface area (Å²) in [6.07, 6.45) is 1.68. The van der Waals surface area contributed by atoms with E-state index in [1.54, 1.807) is 71.8 Å². The number of hydrogen-bond donors (Lipinski definition) is 3. The average Bonchev–Trinajstić information content (AvgIpc) is 3.44. The van der Waals surface area contributed by atoms with Gasteiger partial charge in [-0.05, 0) is 60.7 Å². The van der Waals surface area contributed by atoms with Crippen LogP contribution in [0, 0.1) is 5.92 Å². The topological polar surface area (TPSA) is 104 Å². The van der Waals surface area contributed by atoms with E-state index in [1.807, 2.05) is 0 Å². The highest BCUT2D eigenvalue weighted by atomic mass is 35.5. The van der Waals surface area contributed by atoms with Crippen molar-refractivity contribution < 1.29 is 18.8 Å². The highest BCUT2D eigenvalue weighted by Gasteiger charge is 2.35. The molecule has 164 valence electrons. The molecule has 1 aliphatic rings. The third-order valence-corrected chi connectivity index (χ3v) is 5.30. The summed E-state index contributed by atoms with van der Waals surface area (Å²) in [4.78, 5) is 38.6. The number of hydrogen-bond acceptors (Lipinski definition) is 4. The molecule has 32 heavy (non-hydrogen) atoms. The van der Waals surface area contributed by atoms with E-state index in [-0.39, 0.29) is 30.8 Å². The number of carbonyl (C=O) groups is 3. The zero-order chi connectivity index (χ0) is 22.5. The van der Waals surface area contributed by atoms with Crippen LogP contribution in [0.1, 0.15) is 12.2 Å². The first kappa shape index (κ1) is 21.5. The molecule has 0 spiro atoms. The van der Waals surface area contributed by atoms with Crippen LogP contribution in [-0.2, 0) is 16.1 Å². The molecule has 2 aromatic carbocycles. The van der Waals surface area contributed by atoms with Gasteiger partial charge in [-0.1, -0.05) is 11.6 Å². The highest BCUT2D eigenvalue weighted by Crippen LogP contribution is 2.27. The van der Waals surface area contributed by atoms with Crippen LogP contribution in [0.2, 0.25) is 5.02 Å². The fraction of sp³-hybridized carbons (Fsp3) is 0.174. The third-order valence-electron chi connectivity index (χ3n) is 5.05. The van der Waals surface area contributed by atoms with E-state index in [1.165, 1.54) is 0 Å². The molecule has 2 heterocycles. The van der Waals surface area contributed by atoms with Gasteiger partial charge in [0.2, 0.25) is 11.8 Å². The Kier molecular flexibility index (Phi) is 6.42. The molecule has 3 aromatic rings. The monoisotopic (exact) mass is 452 g/mol. The van der Waals surface area contributed by atoms with Crippen LogP contribution >= 0.6 is 11.6 Å². The molecule has 8 nitrogen and oxygen atoms in total. The Morgan fingerprint density at radius 2 is 1.69 bits per heavy atom. The quantitative estimate of drug-likeness (QED) is 0.520. The number of benzene rings is 2. The van der Waals surface area contributed by atoms with Gasteiger partial charge in [-0.2, -0.15) is 0 Å². The predicted molar refractivity (Wildman–Crippen MR) is 122 cm³/mol. The summed E-state index contributed by atoms with van der Waals surface area (Å²) >= 11 is 5.90. The molecule has 0 radical (unpaired) electrons. The van der Waals surface area contributed by atoms with Crippen LogP contribution < -0.4 is 20.9 Å². The summed E-state index contributed by atoms with van der Waals surface area (Å²) in [6, 6.07) is 16.8. The Morgan fingerprint density at radius 3 is 2.34 bits per heavy atom. The van der Waals surface area contributed by atoms with E-state index in [0.29, 0.717) is 28.7 Å². The van der Waals surface area contributed by atoms with Crippen molar-refractivity contribution in [2.24, 2.45) is 5.92 Å². The fourth-order valence-corrected chi connectivity index (χ4v) is 3.52. The van der Waals surface area contributed by atoms with E-state index < -0.39 is 5.92 Å². The van der Waals surface area contributed by atoms with Gasteiger partial charge in [-0.3, -0.25) is 9.59 Å². The van der Waals surface area contributed by atoms with E-state index in [2.05, 4.69) is 16.0 Å². The molecule has 9 heteroatoms. The van der Waals surface area contributed by atoms with Crippen molar-refractivity contribution in [2.75, 3.05) is 22.1 Å². The van der Waals surface area contributed by atoms with Crippen molar-refractivity contribution in [3.05, 3.63) is 77.7 Å². The van der Waals surface area contributed by atoms with Gasteiger partial charge in [-0.25, -0.2) is 4.79 Å². The average molecular weight is 453 g/mol. The van der Waals surface area contributed by atoms with Gasteiger partial charge >= 0.3 is 6.03 Å². The molecule has 0 bridgehead atoms. The lowest BCUT2D eigenvalue weighted by Gasteiger charge is -2.17. The van der Waals surface area contributed by atoms with Crippen molar-refractivity contribution in [1.29, 1.82) is 0 Å². The van der Waals surface area contributed by atoms with Crippen LogP contribution in [0.25, 0.3) is 0 Å². The number of halogens is 1. The minimum atomic E-state index is -0.455. The first-order valence-corrected chi connectivity index (χ1v) is 10.4. The number of nitrogens with zero attached hydrogens (tertiary/aromatic N) is 1. The van der Waals surface area contributed by atoms with Gasteiger partial charge < -0.3 is 25.3 Å². The Hall–Kier alpha value is -3.78. The maximum absolute atomic E-state index is 12.7. The van der Waals surface area contributed by atoms with E-state index in [0.717, 1.165) is 5.69 Å². The number of anilines is 3. The normalized spacial score (nSPS) is 15.5.